The van der Waals surface area contributed by atoms with Crippen molar-refractivity contribution in [1.82, 2.24) is 5.32 Å². The van der Waals surface area contributed by atoms with Crippen molar-refractivity contribution >= 4 is 0 Å². The first kappa shape index (κ1) is 14.5. The summed E-state index contributed by atoms with van der Waals surface area (Å²) in [6, 6.07) is 12.8. The van der Waals surface area contributed by atoms with Crippen LogP contribution in [-0.4, -0.2) is 13.7 Å². The highest BCUT2D eigenvalue weighted by Gasteiger charge is 2.12. The molecule has 1 unspecified atom stereocenters. The quantitative estimate of drug-likeness (QED) is 0.882. The van der Waals surface area contributed by atoms with Crippen LogP contribution in [0.3, 0.4) is 0 Å². The van der Waals surface area contributed by atoms with Crippen molar-refractivity contribution in [2.75, 3.05) is 13.7 Å². The molecule has 1 atom stereocenters. The molecular formula is C17H20FNO. The molecule has 0 amide bonds. The van der Waals surface area contributed by atoms with Gasteiger partial charge in [0.25, 0.3) is 0 Å². The fourth-order valence-corrected chi connectivity index (χ4v) is 2.23. The van der Waals surface area contributed by atoms with Crippen LogP contribution in [0.2, 0.25) is 0 Å². The lowest BCUT2D eigenvalue weighted by Crippen LogP contribution is -2.13. The first-order valence-corrected chi connectivity index (χ1v) is 6.85. The molecule has 0 radical (unpaired) electrons. The maximum atomic E-state index is 13.6. The minimum Gasteiger partial charge on any atom is -0.494 e. The molecule has 3 heteroatoms. The predicted molar refractivity (Wildman–Crippen MR) is 80.5 cm³/mol. The van der Waals surface area contributed by atoms with E-state index < -0.39 is 0 Å². The molecule has 0 aliphatic heterocycles. The predicted octanol–water partition coefficient (Wildman–Crippen LogP) is 4.17. The van der Waals surface area contributed by atoms with Gasteiger partial charge in [0.05, 0.1) is 6.61 Å². The van der Waals surface area contributed by atoms with Gasteiger partial charge in [0, 0.05) is 6.04 Å². The van der Waals surface area contributed by atoms with E-state index in [9.17, 15) is 4.39 Å². The van der Waals surface area contributed by atoms with E-state index in [2.05, 4.69) is 12.2 Å². The zero-order chi connectivity index (χ0) is 14.5. The van der Waals surface area contributed by atoms with Crippen LogP contribution in [0, 0.1) is 5.82 Å². The van der Waals surface area contributed by atoms with Gasteiger partial charge in [-0.05, 0) is 61.9 Å². The third kappa shape index (κ3) is 3.17. The average Bonchev–Trinajstić information content (AvgIpc) is 2.47. The lowest BCUT2D eigenvalue weighted by atomic mass is 9.95. The van der Waals surface area contributed by atoms with E-state index in [1.807, 2.05) is 44.3 Å². The number of ether oxygens (including phenoxy) is 1. The smallest absolute Gasteiger partial charge is 0.123 e. The molecule has 0 saturated carbocycles. The minimum absolute atomic E-state index is 0.154. The Morgan fingerprint density at radius 3 is 2.70 bits per heavy atom. The second kappa shape index (κ2) is 6.53. The van der Waals surface area contributed by atoms with Gasteiger partial charge in [-0.25, -0.2) is 4.39 Å². The van der Waals surface area contributed by atoms with Crippen LogP contribution in [0.25, 0.3) is 11.1 Å². The van der Waals surface area contributed by atoms with Crippen LogP contribution in [0.4, 0.5) is 4.39 Å². The fourth-order valence-electron chi connectivity index (χ4n) is 2.23. The van der Waals surface area contributed by atoms with Gasteiger partial charge < -0.3 is 10.1 Å². The maximum Gasteiger partial charge on any atom is 0.123 e. The second-order valence-corrected chi connectivity index (χ2v) is 4.70. The molecule has 2 nitrogen and oxygen atoms in total. The van der Waals surface area contributed by atoms with Gasteiger partial charge >= 0.3 is 0 Å². The van der Waals surface area contributed by atoms with Gasteiger partial charge in [-0.2, -0.15) is 0 Å². The van der Waals surface area contributed by atoms with Crippen LogP contribution in [0.5, 0.6) is 5.75 Å². The normalized spacial score (nSPS) is 12.2. The van der Waals surface area contributed by atoms with E-state index in [4.69, 9.17) is 4.74 Å². The molecule has 1 N–H and O–H groups in total. The summed E-state index contributed by atoms with van der Waals surface area (Å²) in [7, 11) is 1.90. The summed E-state index contributed by atoms with van der Waals surface area (Å²) in [6.07, 6.45) is 0. The van der Waals surface area contributed by atoms with Gasteiger partial charge in [0.1, 0.15) is 11.6 Å². The highest BCUT2D eigenvalue weighted by atomic mass is 19.1. The number of benzene rings is 2. The van der Waals surface area contributed by atoms with E-state index in [0.717, 1.165) is 22.4 Å². The molecule has 0 fully saturated rings. The standard InChI is InChI=1S/C17H20FNO/c1-4-20-15-7-5-6-13(10-15)17-11-14(18)8-9-16(17)12(2)19-3/h5-12,19H,4H2,1-3H3. The summed E-state index contributed by atoms with van der Waals surface area (Å²) in [5.41, 5.74) is 2.93. The van der Waals surface area contributed by atoms with Gasteiger partial charge in [0.2, 0.25) is 0 Å². The molecule has 0 aliphatic rings. The number of rotatable bonds is 5. The lowest BCUT2D eigenvalue weighted by molar-refractivity contribution is 0.340. The monoisotopic (exact) mass is 273 g/mol. The van der Waals surface area contributed by atoms with Crippen LogP contribution in [0.1, 0.15) is 25.5 Å². The van der Waals surface area contributed by atoms with E-state index in [-0.39, 0.29) is 11.9 Å². The largest absolute Gasteiger partial charge is 0.494 e. The first-order chi connectivity index (χ1) is 9.65. The summed E-state index contributed by atoms with van der Waals surface area (Å²) in [6.45, 7) is 4.62. The molecule has 0 spiro atoms. The van der Waals surface area contributed by atoms with Gasteiger partial charge in [-0.1, -0.05) is 18.2 Å². The molecule has 0 bridgehead atoms. The molecule has 2 aromatic rings. The van der Waals surface area contributed by atoms with E-state index in [0.29, 0.717) is 6.61 Å². The highest BCUT2D eigenvalue weighted by molar-refractivity contribution is 5.69. The molecule has 0 aromatic heterocycles. The summed E-state index contributed by atoms with van der Waals surface area (Å²) in [5, 5.41) is 3.20. The highest BCUT2D eigenvalue weighted by Crippen LogP contribution is 2.31. The Morgan fingerprint density at radius 1 is 1.20 bits per heavy atom. The van der Waals surface area contributed by atoms with Crippen LogP contribution in [-0.2, 0) is 0 Å². The van der Waals surface area contributed by atoms with Gasteiger partial charge in [-0.3, -0.25) is 0 Å². The Kier molecular flexibility index (Phi) is 4.74. The number of hydrogen-bond acceptors (Lipinski definition) is 2. The third-order valence-electron chi connectivity index (χ3n) is 3.37. The van der Waals surface area contributed by atoms with E-state index in [1.165, 1.54) is 6.07 Å². The maximum absolute atomic E-state index is 13.6. The first-order valence-electron chi connectivity index (χ1n) is 6.85. The zero-order valence-electron chi connectivity index (χ0n) is 12.1. The summed E-state index contributed by atoms with van der Waals surface area (Å²) < 4.78 is 19.1. The van der Waals surface area contributed by atoms with Crippen LogP contribution in [0.15, 0.2) is 42.5 Å². The summed E-state index contributed by atoms with van der Waals surface area (Å²) >= 11 is 0. The topological polar surface area (TPSA) is 21.3 Å². The Bertz CT molecular complexity index is 583. The Hall–Kier alpha value is -1.87. The Morgan fingerprint density at radius 2 is 2.00 bits per heavy atom. The summed E-state index contributed by atoms with van der Waals surface area (Å²) in [4.78, 5) is 0. The number of hydrogen-bond donors (Lipinski definition) is 1. The molecule has 0 heterocycles. The molecule has 0 saturated heterocycles. The van der Waals surface area contributed by atoms with Crippen molar-refractivity contribution in [3.63, 3.8) is 0 Å². The average molecular weight is 273 g/mol. The molecule has 20 heavy (non-hydrogen) atoms. The van der Waals surface area contributed by atoms with Crippen molar-refractivity contribution < 1.29 is 9.13 Å². The fraction of sp³-hybridized carbons (Fsp3) is 0.294. The number of nitrogens with one attached hydrogen (secondary N) is 1. The molecule has 106 valence electrons. The summed E-state index contributed by atoms with van der Waals surface area (Å²) in [5.74, 6) is 0.575. The van der Waals surface area contributed by atoms with Crippen LogP contribution < -0.4 is 10.1 Å². The zero-order valence-corrected chi connectivity index (χ0v) is 12.1. The SMILES string of the molecule is CCOc1cccc(-c2cc(F)ccc2C(C)NC)c1. The second-order valence-electron chi connectivity index (χ2n) is 4.70. The third-order valence-corrected chi connectivity index (χ3v) is 3.37. The molecular weight excluding hydrogens is 253 g/mol. The molecule has 2 rings (SSSR count). The van der Waals surface area contributed by atoms with E-state index in [1.54, 1.807) is 6.07 Å². The van der Waals surface area contributed by atoms with Crippen molar-refractivity contribution in [2.45, 2.75) is 19.9 Å². The lowest BCUT2D eigenvalue weighted by Gasteiger charge is -2.17. The Labute approximate surface area is 119 Å². The van der Waals surface area contributed by atoms with Crippen molar-refractivity contribution in [3.05, 3.63) is 53.8 Å². The van der Waals surface area contributed by atoms with Gasteiger partial charge in [0.15, 0.2) is 0 Å². The minimum atomic E-state index is -0.228. The van der Waals surface area contributed by atoms with Crippen molar-refractivity contribution in [3.8, 4) is 16.9 Å². The van der Waals surface area contributed by atoms with E-state index >= 15 is 0 Å². The molecule has 0 aliphatic carbocycles. The molecule has 2 aromatic carbocycles. The number of halogens is 1. The van der Waals surface area contributed by atoms with Crippen molar-refractivity contribution in [1.29, 1.82) is 0 Å². The van der Waals surface area contributed by atoms with Crippen molar-refractivity contribution in [2.24, 2.45) is 0 Å². The Balaban J connectivity index is 2.50. The van der Waals surface area contributed by atoms with Crippen LogP contribution >= 0.6 is 0 Å². The van der Waals surface area contributed by atoms with Gasteiger partial charge in [-0.15, -0.1) is 0 Å².